The van der Waals surface area contributed by atoms with Crippen LogP contribution in [-0.2, 0) is 4.74 Å². The second kappa shape index (κ2) is 5.99. The largest absolute Gasteiger partial charge is 0.380 e. The molecule has 1 saturated carbocycles. The van der Waals surface area contributed by atoms with Crippen LogP contribution in [0.3, 0.4) is 0 Å². The molecular weight excluding hydrogens is 194 g/mol. The number of hydrogen-bond acceptors (Lipinski definition) is 3. The standard InChI is InChI=1S/C11H23NOS/c1-8(9(2)13-3)12-10-5-6-11(7-10)14-4/h8-12H,5-7H2,1-4H3. The summed E-state index contributed by atoms with van der Waals surface area (Å²) in [6.07, 6.45) is 6.54. The first-order valence-electron chi connectivity index (χ1n) is 5.49. The molecule has 0 aromatic heterocycles. The van der Waals surface area contributed by atoms with Crippen LogP contribution in [0.25, 0.3) is 0 Å². The van der Waals surface area contributed by atoms with Crippen molar-refractivity contribution in [2.45, 2.75) is 56.5 Å². The van der Waals surface area contributed by atoms with Gasteiger partial charge in [-0.05, 0) is 39.4 Å². The lowest BCUT2D eigenvalue weighted by Crippen LogP contribution is -2.42. The molecular formula is C11H23NOS. The van der Waals surface area contributed by atoms with Crippen LogP contribution >= 0.6 is 11.8 Å². The van der Waals surface area contributed by atoms with E-state index in [0.717, 1.165) is 5.25 Å². The number of hydrogen-bond donors (Lipinski definition) is 1. The number of nitrogens with one attached hydrogen (secondary N) is 1. The molecule has 4 unspecified atom stereocenters. The number of ether oxygens (including phenoxy) is 1. The molecule has 2 nitrogen and oxygen atoms in total. The van der Waals surface area contributed by atoms with E-state index in [2.05, 4.69) is 25.4 Å². The zero-order chi connectivity index (χ0) is 10.6. The lowest BCUT2D eigenvalue weighted by atomic mass is 10.1. The minimum atomic E-state index is 0.309. The summed E-state index contributed by atoms with van der Waals surface area (Å²) in [5.41, 5.74) is 0. The van der Waals surface area contributed by atoms with Crippen LogP contribution < -0.4 is 5.32 Å². The minimum Gasteiger partial charge on any atom is -0.380 e. The Morgan fingerprint density at radius 3 is 2.57 bits per heavy atom. The Hall–Kier alpha value is 0.270. The van der Waals surface area contributed by atoms with E-state index in [1.165, 1.54) is 19.3 Å². The smallest absolute Gasteiger partial charge is 0.0693 e. The summed E-state index contributed by atoms with van der Waals surface area (Å²) < 4.78 is 5.31. The maximum atomic E-state index is 5.31. The van der Waals surface area contributed by atoms with E-state index in [9.17, 15) is 0 Å². The summed E-state index contributed by atoms with van der Waals surface area (Å²) in [6, 6.07) is 1.17. The van der Waals surface area contributed by atoms with Crippen LogP contribution in [-0.4, -0.2) is 36.8 Å². The van der Waals surface area contributed by atoms with Crippen LogP contribution in [0.2, 0.25) is 0 Å². The van der Waals surface area contributed by atoms with Gasteiger partial charge in [-0.25, -0.2) is 0 Å². The molecule has 84 valence electrons. The summed E-state index contributed by atoms with van der Waals surface area (Å²) in [5, 5.41) is 4.53. The third kappa shape index (κ3) is 3.44. The average molecular weight is 217 g/mol. The Bertz CT molecular complexity index is 165. The third-order valence-corrected chi connectivity index (χ3v) is 4.39. The maximum Gasteiger partial charge on any atom is 0.0693 e. The van der Waals surface area contributed by atoms with Crippen LogP contribution in [0, 0.1) is 0 Å². The van der Waals surface area contributed by atoms with Gasteiger partial charge in [-0.15, -0.1) is 0 Å². The molecule has 0 saturated heterocycles. The van der Waals surface area contributed by atoms with Gasteiger partial charge >= 0.3 is 0 Å². The summed E-state index contributed by atoms with van der Waals surface area (Å²) in [5.74, 6) is 0. The normalized spacial score (nSPS) is 31.7. The van der Waals surface area contributed by atoms with Gasteiger partial charge in [0.2, 0.25) is 0 Å². The van der Waals surface area contributed by atoms with Gasteiger partial charge in [0.05, 0.1) is 6.10 Å². The van der Waals surface area contributed by atoms with E-state index in [4.69, 9.17) is 4.74 Å². The van der Waals surface area contributed by atoms with Crippen LogP contribution in [0.5, 0.6) is 0 Å². The van der Waals surface area contributed by atoms with Crippen molar-refractivity contribution in [3.8, 4) is 0 Å². The lowest BCUT2D eigenvalue weighted by molar-refractivity contribution is 0.0847. The molecule has 0 aliphatic heterocycles. The molecule has 0 radical (unpaired) electrons. The first-order valence-corrected chi connectivity index (χ1v) is 6.77. The zero-order valence-corrected chi connectivity index (χ0v) is 10.6. The molecule has 0 aromatic carbocycles. The fourth-order valence-electron chi connectivity index (χ4n) is 2.02. The van der Waals surface area contributed by atoms with Crippen molar-refractivity contribution in [2.75, 3.05) is 13.4 Å². The molecule has 1 rings (SSSR count). The van der Waals surface area contributed by atoms with Gasteiger partial charge in [0.1, 0.15) is 0 Å². The van der Waals surface area contributed by atoms with E-state index in [1.807, 2.05) is 11.8 Å². The second-order valence-electron chi connectivity index (χ2n) is 4.26. The van der Waals surface area contributed by atoms with Gasteiger partial charge in [0.15, 0.2) is 0 Å². The van der Waals surface area contributed by atoms with E-state index < -0.39 is 0 Å². The first kappa shape index (κ1) is 12.3. The van der Waals surface area contributed by atoms with Crippen molar-refractivity contribution < 1.29 is 4.74 Å². The van der Waals surface area contributed by atoms with Crippen LogP contribution in [0.15, 0.2) is 0 Å². The predicted molar refractivity (Wildman–Crippen MR) is 64.0 cm³/mol. The lowest BCUT2D eigenvalue weighted by Gasteiger charge is -2.24. The third-order valence-electron chi connectivity index (χ3n) is 3.29. The second-order valence-corrected chi connectivity index (χ2v) is 5.40. The SMILES string of the molecule is COC(C)C(C)NC1CCC(SC)C1. The summed E-state index contributed by atoms with van der Waals surface area (Å²) in [7, 11) is 1.78. The molecule has 14 heavy (non-hydrogen) atoms. The van der Waals surface area contributed by atoms with Crippen LogP contribution in [0.1, 0.15) is 33.1 Å². The van der Waals surface area contributed by atoms with Crippen molar-refractivity contribution in [3.05, 3.63) is 0 Å². The van der Waals surface area contributed by atoms with Gasteiger partial charge in [-0.1, -0.05) is 0 Å². The highest BCUT2D eigenvalue weighted by Crippen LogP contribution is 2.28. The molecule has 0 aromatic rings. The number of thioether (sulfide) groups is 1. The highest BCUT2D eigenvalue weighted by molar-refractivity contribution is 7.99. The molecule has 1 fully saturated rings. The molecule has 0 amide bonds. The summed E-state index contributed by atoms with van der Waals surface area (Å²) >= 11 is 2.01. The topological polar surface area (TPSA) is 21.3 Å². The van der Waals surface area contributed by atoms with Crippen molar-refractivity contribution in [1.29, 1.82) is 0 Å². The highest BCUT2D eigenvalue weighted by Gasteiger charge is 2.25. The maximum absolute atomic E-state index is 5.31. The molecule has 4 atom stereocenters. The van der Waals surface area contributed by atoms with Crippen molar-refractivity contribution in [1.82, 2.24) is 5.32 Å². The van der Waals surface area contributed by atoms with Gasteiger partial charge in [0, 0.05) is 24.4 Å². The Morgan fingerprint density at radius 2 is 2.07 bits per heavy atom. The van der Waals surface area contributed by atoms with Crippen molar-refractivity contribution in [3.63, 3.8) is 0 Å². The summed E-state index contributed by atoms with van der Waals surface area (Å²) in [4.78, 5) is 0. The molecule has 3 heteroatoms. The van der Waals surface area contributed by atoms with Gasteiger partial charge in [0.25, 0.3) is 0 Å². The average Bonchev–Trinajstić information content (AvgIpc) is 2.64. The predicted octanol–water partition coefficient (Wildman–Crippen LogP) is 2.28. The van der Waals surface area contributed by atoms with E-state index >= 15 is 0 Å². The van der Waals surface area contributed by atoms with E-state index in [1.54, 1.807) is 7.11 Å². The molecule has 1 N–H and O–H groups in total. The molecule has 0 heterocycles. The van der Waals surface area contributed by atoms with Gasteiger partial charge in [-0.3, -0.25) is 0 Å². The van der Waals surface area contributed by atoms with Crippen molar-refractivity contribution in [2.24, 2.45) is 0 Å². The Kier molecular flexibility index (Phi) is 5.28. The van der Waals surface area contributed by atoms with E-state index in [-0.39, 0.29) is 0 Å². The quantitative estimate of drug-likeness (QED) is 0.763. The Balaban J connectivity index is 2.24. The Labute approximate surface area is 92.2 Å². The van der Waals surface area contributed by atoms with E-state index in [0.29, 0.717) is 18.2 Å². The Morgan fingerprint density at radius 1 is 1.36 bits per heavy atom. The number of methoxy groups -OCH3 is 1. The minimum absolute atomic E-state index is 0.309. The molecule has 0 bridgehead atoms. The van der Waals surface area contributed by atoms with Gasteiger partial charge in [-0.2, -0.15) is 11.8 Å². The number of rotatable bonds is 5. The monoisotopic (exact) mass is 217 g/mol. The fraction of sp³-hybridized carbons (Fsp3) is 1.00. The van der Waals surface area contributed by atoms with Crippen LogP contribution in [0.4, 0.5) is 0 Å². The van der Waals surface area contributed by atoms with Crippen molar-refractivity contribution >= 4 is 11.8 Å². The molecule has 1 aliphatic rings. The zero-order valence-electron chi connectivity index (χ0n) is 9.75. The molecule has 0 spiro atoms. The van der Waals surface area contributed by atoms with Gasteiger partial charge < -0.3 is 10.1 Å². The fourth-order valence-corrected chi connectivity index (χ4v) is 2.81. The highest BCUT2D eigenvalue weighted by atomic mass is 32.2. The molecule has 1 aliphatic carbocycles. The first-order chi connectivity index (χ1) is 6.67. The summed E-state index contributed by atoms with van der Waals surface area (Å²) in [6.45, 7) is 4.33.